The molecule has 4 aromatic rings. The first-order valence-electron chi connectivity index (χ1n) is 12.7. The molecule has 1 amide bonds. The average Bonchev–Trinajstić information content (AvgIpc) is 3.46. The minimum atomic E-state index is -5.10. The SMILES string of the molecule is CC(O)(c1nnc(-c2ccc3c(c2)N(Cc2ccc(-c4noc(C5CC5)n4)cc2)C(=O)[C@@H](N)CS3(=O)=O)o1)C(F)(F)F. The highest BCUT2D eigenvalue weighted by Gasteiger charge is 2.55. The number of benzene rings is 2. The van der Waals surface area contributed by atoms with Gasteiger partial charge < -0.3 is 24.7 Å². The van der Waals surface area contributed by atoms with Gasteiger partial charge in [0.05, 0.1) is 28.9 Å². The monoisotopic (exact) mass is 604 g/mol. The van der Waals surface area contributed by atoms with E-state index < -0.39 is 51.1 Å². The first-order valence-corrected chi connectivity index (χ1v) is 14.4. The van der Waals surface area contributed by atoms with Crippen molar-refractivity contribution < 1.29 is 40.4 Å². The zero-order chi connectivity index (χ0) is 30.0. The number of carbonyl (C=O) groups is 1. The molecule has 2 aromatic heterocycles. The number of carbonyl (C=O) groups excluding carboxylic acids is 1. The normalized spacial score (nSPS) is 20.2. The highest BCUT2D eigenvalue weighted by atomic mass is 32.2. The average molecular weight is 605 g/mol. The number of alkyl halides is 3. The van der Waals surface area contributed by atoms with Crippen LogP contribution < -0.4 is 10.6 Å². The van der Waals surface area contributed by atoms with Crippen LogP contribution in [0.2, 0.25) is 0 Å². The number of nitrogens with zero attached hydrogens (tertiary/aromatic N) is 5. The number of aliphatic hydroxyl groups is 1. The van der Waals surface area contributed by atoms with Gasteiger partial charge in [-0.25, -0.2) is 8.42 Å². The Hall–Kier alpha value is -4.15. The van der Waals surface area contributed by atoms with Gasteiger partial charge in [-0.2, -0.15) is 18.2 Å². The zero-order valence-corrected chi connectivity index (χ0v) is 22.7. The summed E-state index contributed by atoms with van der Waals surface area (Å²) >= 11 is 0. The Kier molecular flexibility index (Phi) is 6.47. The minimum absolute atomic E-state index is 0.0212. The van der Waals surface area contributed by atoms with E-state index in [1.807, 2.05) is 0 Å². The molecule has 16 heteroatoms. The van der Waals surface area contributed by atoms with E-state index in [1.165, 1.54) is 23.1 Å². The predicted octanol–water partition coefficient (Wildman–Crippen LogP) is 3.08. The summed E-state index contributed by atoms with van der Waals surface area (Å²) in [5.74, 6) is -1.56. The van der Waals surface area contributed by atoms with E-state index in [0.29, 0.717) is 35.7 Å². The van der Waals surface area contributed by atoms with E-state index in [1.54, 1.807) is 24.3 Å². The van der Waals surface area contributed by atoms with Crippen LogP contribution in [0.1, 0.15) is 43.0 Å². The Balaban J connectivity index is 1.35. The van der Waals surface area contributed by atoms with Crippen molar-refractivity contribution >= 4 is 21.4 Å². The number of halogens is 3. The van der Waals surface area contributed by atoms with Crippen molar-refractivity contribution in [3.63, 3.8) is 0 Å². The van der Waals surface area contributed by atoms with Crippen LogP contribution in [0.3, 0.4) is 0 Å². The third-order valence-electron chi connectivity index (χ3n) is 7.13. The second-order valence-corrected chi connectivity index (χ2v) is 12.4. The van der Waals surface area contributed by atoms with Crippen LogP contribution >= 0.6 is 0 Å². The summed E-state index contributed by atoms with van der Waals surface area (Å²) in [6, 6.07) is 9.23. The highest BCUT2D eigenvalue weighted by molar-refractivity contribution is 7.91. The Morgan fingerprint density at radius 1 is 1.10 bits per heavy atom. The number of hydrogen-bond donors (Lipinski definition) is 2. The van der Waals surface area contributed by atoms with Gasteiger partial charge in [0.15, 0.2) is 9.84 Å². The molecule has 1 fully saturated rings. The number of rotatable bonds is 6. The standard InChI is InChI=1S/C26H23F3N6O6S/c1-25(37,26(27,28)29)24-33-32-22(40-24)16-8-9-19-18(10-16)35(23(36)17(30)12-42(19,38)39)11-13-2-4-14(5-3-13)20-31-21(41-34-20)15-6-7-15/h2-5,8-10,15,17,37H,6-7,11-12,30H2,1H3/t17-,25?/m0/s1. The topological polar surface area (TPSA) is 179 Å². The maximum absolute atomic E-state index is 13.3. The van der Waals surface area contributed by atoms with Gasteiger partial charge in [0.1, 0.15) is 0 Å². The third kappa shape index (κ3) is 4.94. The molecule has 0 spiro atoms. The zero-order valence-electron chi connectivity index (χ0n) is 21.9. The number of sulfone groups is 1. The van der Waals surface area contributed by atoms with Gasteiger partial charge in [0.2, 0.25) is 29.1 Å². The van der Waals surface area contributed by atoms with Gasteiger partial charge in [-0.1, -0.05) is 29.4 Å². The van der Waals surface area contributed by atoms with Gasteiger partial charge in [-0.3, -0.25) is 4.79 Å². The number of anilines is 1. The molecule has 1 saturated carbocycles. The number of amides is 1. The van der Waals surface area contributed by atoms with Gasteiger partial charge in [-0.05, 0) is 43.5 Å². The van der Waals surface area contributed by atoms with Gasteiger partial charge in [0.25, 0.3) is 5.89 Å². The van der Waals surface area contributed by atoms with E-state index in [9.17, 15) is 31.5 Å². The molecule has 3 heterocycles. The first kappa shape index (κ1) is 28.0. The maximum Gasteiger partial charge on any atom is 0.426 e. The molecule has 1 aliphatic carbocycles. The van der Waals surface area contributed by atoms with Crippen LogP contribution in [0.25, 0.3) is 22.8 Å². The quantitative estimate of drug-likeness (QED) is 0.330. The summed E-state index contributed by atoms with van der Waals surface area (Å²) in [6.45, 7) is 0.377. The first-order chi connectivity index (χ1) is 19.7. The van der Waals surface area contributed by atoms with Crippen LogP contribution in [-0.2, 0) is 26.8 Å². The lowest BCUT2D eigenvalue weighted by Gasteiger charge is -2.24. The number of fused-ring (bicyclic) bond motifs is 1. The van der Waals surface area contributed by atoms with Crippen molar-refractivity contribution in [2.75, 3.05) is 10.7 Å². The van der Waals surface area contributed by atoms with E-state index >= 15 is 0 Å². The largest absolute Gasteiger partial charge is 0.426 e. The molecule has 2 aliphatic rings. The fourth-order valence-electron chi connectivity index (χ4n) is 4.45. The Morgan fingerprint density at radius 2 is 1.79 bits per heavy atom. The summed E-state index contributed by atoms with van der Waals surface area (Å²) in [5, 5.41) is 20.8. The third-order valence-corrected chi connectivity index (χ3v) is 8.94. The van der Waals surface area contributed by atoms with Crippen LogP contribution in [-0.4, -0.2) is 57.7 Å². The lowest BCUT2D eigenvalue weighted by molar-refractivity contribution is -0.266. The van der Waals surface area contributed by atoms with E-state index in [2.05, 4.69) is 20.3 Å². The van der Waals surface area contributed by atoms with Crippen molar-refractivity contribution in [1.82, 2.24) is 20.3 Å². The van der Waals surface area contributed by atoms with Crippen molar-refractivity contribution in [1.29, 1.82) is 0 Å². The molecule has 0 bridgehead atoms. The highest BCUT2D eigenvalue weighted by Crippen LogP contribution is 2.41. The van der Waals surface area contributed by atoms with Crippen LogP contribution in [0.5, 0.6) is 0 Å². The molecule has 6 rings (SSSR count). The fraction of sp³-hybridized carbons (Fsp3) is 0.346. The van der Waals surface area contributed by atoms with Crippen molar-refractivity contribution in [3.05, 3.63) is 59.8 Å². The lowest BCUT2D eigenvalue weighted by atomic mass is 10.1. The van der Waals surface area contributed by atoms with Crippen molar-refractivity contribution in [3.8, 4) is 22.8 Å². The van der Waals surface area contributed by atoms with E-state index in [-0.39, 0.29) is 22.7 Å². The predicted molar refractivity (Wildman–Crippen MR) is 138 cm³/mol. The van der Waals surface area contributed by atoms with E-state index in [4.69, 9.17) is 14.7 Å². The summed E-state index contributed by atoms with van der Waals surface area (Å²) < 4.78 is 76.4. The van der Waals surface area contributed by atoms with Crippen LogP contribution in [0, 0.1) is 0 Å². The number of aromatic nitrogens is 4. The molecule has 12 nitrogen and oxygen atoms in total. The maximum atomic E-state index is 13.3. The van der Waals surface area contributed by atoms with Gasteiger partial charge >= 0.3 is 6.18 Å². The van der Waals surface area contributed by atoms with Crippen LogP contribution in [0.4, 0.5) is 18.9 Å². The van der Waals surface area contributed by atoms with Crippen molar-refractivity contribution in [2.45, 2.75) is 54.9 Å². The second-order valence-electron chi connectivity index (χ2n) is 10.4. The molecular formula is C26H23F3N6O6S. The number of nitrogens with two attached hydrogens (primary N) is 1. The molecule has 0 radical (unpaired) electrons. The summed E-state index contributed by atoms with van der Waals surface area (Å²) in [5.41, 5.74) is 3.81. The Morgan fingerprint density at radius 3 is 2.45 bits per heavy atom. The van der Waals surface area contributed by atoms with Crippen molar-refractivity contribution in [2.24, 2.45) is 5.73 Å². The molecule has 1 aliphatic heterocycles. The molecule has 42 heavy (non-hydrogen) atoms. The summed E-state index contributed by atoms with van der Waals surface area (Å²) in [6.07, 6.45) is -3.09. The molecule has 3 N–H and O–H groups in total. The van der Waals surface area contributed by atoms with Gasteiger partial charge in [-0.15, -0.1) is 10.2 Å². The Bertz CT molecular complexity index is 1780. The summed E-state index contributed by atoms with van der Waals surface area (Å²) in [4.78, 5) is 18.7. The summed E-state index contributed by atoms with van der Waals surface area (Å²) in [7, 11) is -4.03. The molecule has 2 aromatic carbocycles. The molecule has 1 unspecified atom stereocenters. The molecule has 2 atom stereocenters. The van der Waals surface area contributed by atoms with Crippen LogP contribution in [0.15, 0.2) is 56.3 Å². The Labute approximate surface area is 236 Å². The molecule has 220 valence electrons. The minimum Gasteiger partial charge on any atom is -0.417 e. The van der Waals surface area contributed by atoms with E-state index in [0.717, 1.165) is 12.8 Å². The van der Waals surface area contributed by atoms with Gasteiger partial charge in [0, 0.05) is 17.0 Å². The second kappa shape index (κ2) is 9.71. The molecular weight excluding hydrogens is 581 g/mol. The molecule has 0 saturated heterocycles. The lowest BCUT2D eigenvalue weighted by Crippen LogP contribution is -2.45. The smallest absolute Gasteiger partial charge is 0.417 e. The fourth-order valence-corrected chi connectivity index (χ4v) is 6.01. The number of hydrogen-bond acceptors (Lipinski definition) is 11.